The molecule has 0 fully saturated rings. The van der Waals surface area contributed by atoms with Crippen LogP contribution in [0.1, 0.15) is 33.4 Å². The van der Waals surface area contributed by atoms with Gasteiger partial charge in [-0.3, -0.25) is 0 Å². The van der Waals surface area contributed by atoms with E-state index in [2.05, 4.69) is 98.8 Å². The molecule has 0 saturated carbocycles. The van der Waals surface area contributed by atoms with Gasteiger partial charge in [-0.25, -0.2) is 0 Å². The van der Waals surface area contributed by atoms with Crippen LogP contribution in [0.15, 0.2) is 84.9 Å². The predicted molar refractivity (Wildman–Crippen MR) is 141 cm³/mol. The van der Waals surface area contributed by atoms with Crippen LogP contribution in [0.2, 0.25) is 0 Å². The Morgan fingerprint density at radius 3 is 1.30 bits per heavy atom. The zero-order valence-corrected chi connectivity index (χ0v) is 19.7. The van der Waals surface area contributed by atoms with Gasteiger partial charge < -0.3 is 0 Å². The van der Waals surface area contributed by atoms with E-state index in [9.17, 15) is 0 Å². The Kier molecular flexibility index (Phi) is 4.07. The Morgan fingerprint density at radius 2 is 0.848 bits per heavy atom. The zero-order chi connectivity index (χ0) is 22.1. The number of aryl methyl sites for hydroxylation is 2. The van der Waals surface area contributed by atoms with Gasteiger partial charge in [-0.15, -0.1) is 11.3 Å². The van der Waals surface area contributed by atoms with Gasteiger partial charge in [0.1, 0.15) is 0 Å². The summed E-state index contributed by atoms with van der Waals surface area (Å²) >= 11 is 1.90. The second kappa shape index (κ2) is 7.04. The summed E-state index contributed by atoms with van der Waals surface area (Å²) in [6, 6.07) is 32.3. The van der Waals surface area contributed by atoms with Crippen molar-refractivity contribution in [1.82, 2.24) is 0 Å². The van der Waals surface area contributed by atoms with Crippen molar-refractivity contribution in [2.24, 2.45) is 0 Å². The number of hydrogen-bond acceptors (Lipinski definition) is 1. The highest BCUT2D eigenvalue weighted by atomic mass is 32.1. The van der Waals surface area contributed by atoms with E-state index < -0.39 is 0 Å². The Bertz CT molecular complexity index is 1460. The largest absolute Gasteiger partial charge is 0.135 e. The van der Waals surface area contributed by atoms with Gasteiger partial charge in [0.2, 0.25) is 0 Å². The molecule has 0 radical (unpaired) electrons. The maximum Gasteiger partial charge on any atom is 0.0349 e. The van der Waals surface area contributed by atoms with E-state index in [-0.39, 0.29) is 0 Å². The lowest BCUT2D eigenvalue weighted by atomic mass is 10.0. The molecule has 7 rings (SSSR count). The molecule has 1 heteroatoms. The molecule has 33 heavy (non-hydrogen) atoms. The summed E-state index contributed by atoms with van der Waals surface area (Å²) in [4.78, 5) is 2.69. The van der Waals surface area contributed by atoms with E-state index in [1.54, 1.807) is 0 Å². The zero-order valence-electron chi connectivity index (χ0n) is 18.9. The van der Waals surface area contributed by atoms with Gasteiger partial charge in [-0.05, 0) is 107 Å². The van der Waals surface area contributed by atoms with Crippen LogP contribution in [0.5, 0.6) is 0 Å². The summed E-state index contributed by atoms with van der Waals surface area (Å²) in [6.07, 6.45) is 2.09. The van der Waals surface area contributed by atoms with Crippen LogP contribution in [0.3, 0.4) is 0 Å². The average Bonchev–Trinajstić information content (AvgIpc) is 3.52. The lowest BCUT2D eigenvalue weighted by Crippen LogP contribution is -1.82. The van der Waals surface area contributed by atoms with Crippen LogP contribution in [0.4, 0.5) is 0 Å². The molecule has 4 aromatic carbocycles. The lowest BCUT2D eigenvalue weighted by molar-refractivity contribution is 1.25. The molecule has 0 N–H and O–H groups in total. The minimum absolute atomic E-state index is 1.04. The topological polar surface area (TPSA) is 0 Å². The third kappa shape index (κ3) is 3.03. The van der Waals surface area contributed by atoms with Crippen molar-refractivity contribution < 1.29 is 0 Å². The third-order valence-corrected chi connectivity index (χ3v) is 8.43. The normalized spacial score (nSPS) is 12.9. The minimum Gasteiger partial charge on any atom is -0.135 e. The molecular formula is C32H24S. The molecule has 0 unspecified atom stereocenters. The maximum atomic E-state index is 2.40. The average molecular weight is 441 g/mol. The summed E-state index contributed by atoms with van der Waals surface area (Å²) < 4.78 is 0. The molecule has 1 heterocycles. The molecule has 5 aromatic rings. The third-order valence-electron chi connectivity index (χ3n) is 7.25. The molecule has 0 nitrogen and oxygen atoms in total. The minimum atomic E-state index is 1.04. The Balaban J connectivity index is 1.21. The highest BCUT2D eigenvalue weighted by Crippen LogP contribution is 2.43. The number of fused-ring (bicyclic) bond motifs is 6. The van der Waals surface area contributed by atoms with Gasteiger partial charge in [0.25, 0.3) is 0 Å². The van der Waals surface area contributed by atoms with E-state index >= 15 is 0 Å². The smallest absolute Gasteiger partial charge is 0.0349 e. The molecular weight excluding hydrogens is 416 g/mol. The fourth-order valence-corrected chi connectivity index (χ4v) is 6.63. The molecule has 158 valence electrons. The van der Waals surface area contributed by atoms with Crippen molar-refractivity contribution in [2.75, 3.05) is 0 Å². The number of rotatable bonds is 2. The van der Waals surface area contributed by atoms with Gasteiger partial charge in [0, 0.05) is 9.75 Å². The van der Waals surface area contributed by atoms with Gasteiger partial charge in [-0.1, -0.05) is 71.8 Å². The van der Waals surface area contributed by atoms with E-state index in [4.69, 9.17) is 0 Å². The Hall–Kier alpha value is -3.42. The molecule has 0 bridgehead atoms. The maximum absolute atomic E-state index is 2.40. The van der Waals surface area contributed by atoms with E-state index in [1.807, 2.05) is 11.3 Å². The van der Waals surface area contributed by atoms with Crippen LogP contribution >= 0.6 is 11.3 Å². The molecule has 2 aliphatic carbocycles. The molecule has 1 aromatic heterocycles. The van der Waals surface area contributed by atoms with E-state index in [0.717, 1.165) is 12.8 Å². The second-order valence-corrected chi connectivity index (χ2v) is 10.7. The van der Waals surface area contributed by atoms with Gasteiger partial charge >= 0.3 is 0 Å². The molecule has 2 aliphatic rings. The fourth-order valence-electron chi connectivity index (χ4n) is 5.63. The highest BCUT2D eigenvalue weighted by Gasteiger charge is 2.21. The second-order valence-electron chi connectivity index (χ2n) is 9.58. The molecule has 0 amide bonds. The first kappa shape index (κ1) is 19.1. The predicted octanol–water partition coefficient (Wildman–Crippen LogP) is 8.84. The van der Waals surface area contributed by atoms with Crippen molar-refractivity contribution in [3.63, 3.8) is 0 Å². The molecule has 0 aliphatic heterocycles. The number of benzene rings is 4. The Morgan fingerprint density at radius 1 is 0.455 bits per heavy atom. The highest BCUT2D eigenvalue weighted by molar-refractivity contribution is 7.18. The summed E-state index contributed by atoms with van der Waals surface area (Å²) in [6.45, 7) is 4.36. The first-order valence-electron chi connectivity index (χ1n) is 11.7. The first-order chi connectivity index (χ1) is 16.1. The quantitative estimate of drug-likeness (QED) is 0.252. The van der Waals surface area contributed by atoms with Crippen molar-refractivity contribution >= 4 is 11.3 Å². The Labute approximate surface area is 199 Å². The van der Waals surface area contributed by atoms with Crippen LogP contribution < -0.4 is 0 Å². The summed E-state index contributed by atoms with van der Waals surface area (Å²) in [5, 5.41) is 0. The van der Waals surface area contributed by atoms with Crippen LogP contribution in [-0.4, -0.2) is 0 Å². The molecule has 0 saturated heterocycles. The van der Waals surface area contributed by atoms with Crippen LogP contribution in [0.25, 0.3) is 43.1 Å². The number of hydrogen-bond donors (Lipinski definition) is 0. The van der Waals surface area contributed by atoms with Gasteiger partial charge in [0.15, 0.2) is 0 Å². The van der Waals surface area contributed by atoms with Crippen molar-refractivity contribution in [3.8, 4) is 43.1 Å². The number of thiophene rings is 1. The summed E-state index contributed by atoms with van der Waals surface area (Å²) in [5.41, 5.74) is 16.8. The summed E-state index contributed by atoms with van der Waals surface area (Å²) in [5.74, 6) is 0. The van der Waals surface area contributed by atoms with Crippen LogP contribution in [-0.2, 0) is 12.8 Å². The van der Waals surface area contributed by atoms with E-state index in [1.165, 1.54) is 76.5 Å². The SMILES string of the molecule is Cc1ccc2c(c1)Cc1cc(-c3ccc(-c4ccc5c(c4)Cc4cc(C)ccc4-5)s3)ccc1-2. The monoisotopic (exact) mass is 440 g/mol. The van der Waals surface area contributed by atoms with Gasteiger partial charge in [0.05, 0.1) is 0 Å². The fraction of sp³-hybridized carbons (Fsp3) is 0.125. The van der Waals surface area contributed by atoms with Crippen molar-refractivity contribution in [1.29, 1.82) is 0 Å². The van der Waals surface area contributed by atoms with Crippen LogP contribution in [0, 0.1) is 13.8 Å². The lowest BCUT2D eigenvalue weighted by Gasteiger charge is -2.05. The summed E-state index contributed by atoms with van der Waals surface area (Å²) in [7, 11) is 0. The van der Waals surface area contributed by atoms with Crippen molar-refractivity contribution in [2.45, 2.75) is 26.7 Å². The van der Waals surface area contributed by atoms with E-state index in [0.29, 0.717) is 0 Å². The standard InChI is InChI=1S/C32H24S/c1-19-3-7-27-23(13-19)17-25-15-21(5-9-29(25)27)31-11-12-32(33-31)22-6-10-30-26(16-22)18-24-14-20(2)4-8-28(24)30/h3-16H,17-18H2,1-2H3. The molecule has 0 atom stereocenters. The van der Waals surface area contributed by atoms with Crippen molar-refractivity contribution in [3.05, 3.63) is 118 Å². The molecule has 0 spiro atoms. The van der Waals surface area contributed by atoms with Gasteiger partial charge in [-0.2, -0.15) is 0 Å². The first-order valence-corrected chi connectivity index (χ1v) is 12.5.